The fourth-order valence-corrected chi connectivity index (χ4v) is 2.00. The third-order valence-corrected chi connectivity index (χ3v) is 3.38. The first-order chi connectivity index (χ1) is 8.08. The number of benzene rings is 1. The Labute approximate surface area is 114 Å². The van der Waals surface area contributed by atoms with Crippen molar-refractivity contribution in [3.8, 4) is 0 Å². The highest BCUT2D eigenvalue weighted by Crippen LogP contribution is 2.25. The number of thiocarbonyl (C=S) groups is 1. The van der Waals surface area contributed by atoms with Crippen molar-refractivity contribution in [2.75, 3.05) is 18.4 Å². The van der Waals surface area contributed by atoms with Crippen molar-refractivity contribution in [3.05, 3.63) is 28.2 Å². The van der Waals surface area contributed by atoms with Crippen molar-refractivity contribution in [3.63, 3.8) is 0 Å². The van der Waals surface area contributed by atoms with Crippen molar-refractivity contribution in [1.82, 2.24) is 10.2 Å². The largest absolute Gasteiger partial charge is 0.360 e. The maximum Gasteiger partial charge on any atom is 0.328 e. The summed E-state index contributed by atoms with van der Waals surface area (Å²) in [7, 11) is 0. The van der Waals surface area contributed by atoms with Crippen molar-refractivity contribution < 1.29 is 4.79 Å². The Balaban J connectivity index is 2.07. The van der Waals surface area contributed by atoms with Crippen LogP contribution in [0.4, 0.5) is 10.5 Å². The van der Waals surface area contributed by atoms with E-state index in [1.54, 1.807) is 18.2 Å². The van der Waals surface area contributed by atoms with E-state index in [9.17, 15) is 4.79 Å². The molecule has 90 valence electrons. The molecule has 2 amide bonds. The van der Waals surface area contributed by atoms with E-state index in [4.69, 9.17) is 35.4 Å². The van der Waals surface area contributed by atoms with Gasteiger partial charge in [-0.05, 0) is 30.4 Å². The van der Waals surface area contributed by atoms with Crippen LogP contribution in [0.1, 0.15) is 0 Å². The van der Waals surface area contributed by atoms with Gasteiger partial charge in [0.15, 0.2) is 5.11 Å². The van der Waals surface area contributed by atoms with Crippen LogP contribution in [-0.4, -0.2) is 29.1 Å². The lowest BCUT2D eigenvalue weighted by molar-refractivity contribution is 0.237. The lowest BCUT2D eigenvalue weighted by atomic mass is 10.3. The van der Waals surface area contributed by atoms with Gasteiger partial charge in [-0.3, -0.25) is 4.90 Å². The van der Waals surface area contributed by atoms with E-state index >= 15 is 0 Å². The molecular formula is C10H9Cl2N3OS. The summed E-state index contributed by atoms with van der Waals surface area (Å²) in [5.74, 6) is 0. The van der Waals surface area contributed by atoms with Gasteiger partial charge in [0.05, 0.1) is 10.0 Å². The normalized spacial score (nSPS) is 14.7. The number of amides is 2. The molecule has 2 N–H and O–H groups in total. The predicted octanol–water partition coefficient (Wildman–Crippen LogP) is 2.72. The van der Waals surface area contributed by atoms with Crippen LogP contribution in [0.25, 0.3) is 0 Å². The van der Waals surface area contributed by atoms with Gasteiger partial charge in [-0.25, -0.2) is 4.79 Å². The molecule has 4 nitrogen and oxygen atoms in total. The molecule has 17 heavy (non-hydrogen) atoms. The Hall–Kier alpha value is -1.04. The van der Waals surface area contributed by atoms with E-state index in [0.717, 1.165) is 0 Å². The number of carbonyl (C=O) groups excluding carboxylic acids is 1. The number of carbonyl (C=O) groups is 1. The quantitative estimate of drug-likeness (QED) is 0.782. The van der Waals surface area contributed by atoms with Gasteiger partial charge < -0.3 is 10.6 Å². The first-order valence-electron chi connectivity index (χ1n) is 4.89. The fraction of sp³-hybridized carbons (Fsp3) is 0.200. The molecule has 1 aromatic carbocycles. The fourth-order valence-electron chi connectivity index (χ4n) is 1.43. The molecule has 0 spiro atoms. The summed E-state index contributed by atoms with van der Waals surface area (Å²) in [4.78, 5) is 13.3. The summed E-state index contributed by atoms with van der Waals surface area (Å²) >= 11 is 16.6. The highest BCUT2D eigenvalue weighted by atomic mass is 35.5. The molecule has 0 bridgehead atoms. The zero-order valence-electron chi connectivity index (χ0n) is 8.67. The van der Waals surface area contributed by atoms with Gasteiger partial charge in [0.2, 0.25) is 0 Å². The number of rotatable bonds is 1. The van der Waals surface area contributed by atoms with Gasteiger partial charge in [-0.15, -0.1) is 0 Å². The van der Waals surface area contributed by atoms with E-state index in [1.807, 2.05) is 0 Å². The topological polar surface area (TPSA) is 44.4 Å². The second-order valence-electron chi connectivity index (χ2n) is 3.44. The molecule has 1 fully saturated rings. The van der Waals surface area contributed by atoms with Gasteiger partial charge >= 0.3 is 6.03 Å². The lowest BCUT2D eigenvalue weighted by Gasteiger charge is -2.15. The summed E-state index contributed by atoms with van der Waals surface area (Å²) < 4.78 is 0. The second-order valence-corrected chi connectivity index (χ2v) is 4.64. The molecule has 0 aromatic heterocycles. The van der Waals surface area contributed by atoms with Gasteiger partial charge in [0, 0.05) is 18.8 Å². The Morgan fingerprint density at radius 2 is 2.18 bits per heavy atom. The van der Waals surface area contributed by atoms with Crippen LogP contribution in [0, 0.1) is 0 Å². The van der Waals surface area contributed by atoms with Crippen molar-refractivity contribution in [1.29, 1.82) is 0 Å². The SMILES string of the molecule is O=C(Nc1ccc(Cl)c(Cl)c1)N1CCNC1=S. The van der Waals surface area contributed by atoms with E-state index in [-0.39, 0.29) is 6.03 Å². The Morgan fingerprint density at radius 3 is 2.76 bits per heavy atom. The molecule has 1 heterocycles. The predicted molar refractivity (Wildman–Crippen MR) is 72.8 cm³/mol. The number of hydrogen-bond donors (Lipinski definition) is 2. The first-order valence-corrected chi connectivity index (χ1v) is 6.06. The molecular weight excluding hydrogens is 281 g/mol. The van der Waals surface area contributed by atoms with Crippen molar-refractivity contribution >= 4 is 52.3 Å². The maximum atomic E-state index is 11.8. The molecule has 1 aliphatic heterocycles. The van der Waals surface area contributed by atoms with Gasteiger partial charge in [0.25, 0.3) is 0 Å². The van der Waals surface area contributed by atoms with Gasteiger partial charge in [-0.1, -0.05) is 23.2 Å². The molecule has 0 radical (unpaired) electrons. The average molecular weight is 290 g/mol. The minimum atomic E-state index is -0.279. The standard InChI is InChI=1S/C10H9Cl2N3OS/c11-7-2-1-6(5-8(7)12)14-9(16)15-4-3-13-10(15)17/h1-2,5H,3-4H2,(H,13,17)(H,14,16). The maximum absolute atomic E-state index is 11.8. The molecule has 1 aliphatic rings. The Kier molecular flexibility index (Phi) is 3.71. The molecule has 7 heteroatoms. The van der Waals surface area contributed by atoms with Crippen LogP contribution >= 0.6 is 35.4 Å². The summed E-state index contributed by atoms with van der Waals surface area (Å²) in [5.41, 5.74) is 0.583. The number of nitrogens with one attached hydrogen (secondary N) is 2. The highest BCUT2D eigenvalue weighted by Gasteiger charge is 2.22. The van der Waals surface area contributed by atoms with Crippen LogP contribution < -0.4 is 10.6 Å². The van der Waals surface area contributed by atoms with E-state index in [0.29, 0.717) is 33.9 Å². The Bertz CT molecular complexity index is 481. The van der Waals surface area contributed by atoms with Crippen molar-refractivity contribution in [2.24, 2.45) is 0 Å². The van der Waals surface area contributed by atoms with Crippen LogP contribution in [-0.2, 0) is 0 Å². The molecule has 1 aromatic rings. The minimum Gasteiger partial charge on any atom is -0.360 e. The lowest BCUT2D eigenvalue weighted by Crippen LogP contribution is -2.37. The van der Waals surface area contributed by atoms with E-state index < -0.39 is 0 Å². The summed E-state index contributed by atoms with van der Waals surface area (Å²) in [6.45, 7) is 1.24. The summed E-state index contributed by atoms with van der Waals surface area (Å²) in [5, 5.41) is 6.88. The van der Waals surface area contributed by atoms with Crippen LogP contribution in [0.3, 0.4) is 0 Å². The van der Waals surface area contributed by atoms with Crippen LogP contribution in [0.15, 0.2) is 18.2 Å². The third kappa shape index (κ3) is 2.80. The molecule has 2 rings (SSSR count). The van der Waals surface area contributed by atoms with E-state index in [1.165, 1.54) is 4.90 Å². The smallest absolute Gasteiger partial charge is 0.328 e. The molecule has 0 saturated carbocycles. The zero-order valence-corrected chi connectivity index (χ0v) is 11.0. The third-order valence-electron chi connectivity index (χ3n) is 2.27. The number of nitrogens with zero attached hydrogens (tertiary/aromatic N) is 1. The van der Waals surface area contributed by atoms with E-state index in [2.05, 4.69) is 10.6 Å². The van der Waals surface area contributed by atoms with Crippen LogP contribution in [0.5, 0.6) is 0 Å². The Morgan fingerprint density at radius 1 is 1.41 bits per heavy atom. The first kappa shape index (κ1) is 12.4. The number of anilines is 1. The monoisotopic (exact) mass is 289 g/mol. The highest BCUT2D eigenvalue weighted by molar-refractivity contribution is 7.80. The summed E-state index contributed by atoms with van der Waals surface area (Å²) in [6.07, 6.45) is 0. The number of hydrogen-bond acceptors (Lipinski definition) is 2. The number of halogens is 2. The summed E-state index contributed by atoms with van der Waals surface area (Å²) in [6, 6.07) is 4.62. The van der Waals surface area contributed by atoms with Gasteiger partial charge in [0.1, 0.15) is 0 Å². The molecule has 1 saturated heterocycles. The van der Waals surface area contributed by atoms with Crippen molar-refractivity contribution in [2.45, 2.75) is 0 Å². The average Bonchev–Trinajstić information content (AvgIpc) is 2.70. The van der Waals surface area contributed by atoms with Crippen LogP contribution in [0.2, 0.25) is 10.0 Å². The second kappa shape index (κ2) is 5.08. The molecule has 0 aliphatic carbocycles. The molecule has 0 unspecified atom stereocenters. The van der Waals surface area contributed by atoms with Gasteiger partial charge in [-0.2, -0.15) is 0 Å². The number of urea groups is 1. The molecule has 0 atom stereocenters. The zero-order chi connectivity index (χ0) is 12.4. The minimum absolute atomic E-state index is 0.279.